The fourth-order valence-corrected chi connectivity index (χ4v) is 16.5. The first-order chi connectivity index (χ1) is 41.6. The smallest absolute Gasteiger partial charge is 0.0541 e. The van der Waals surface area contributed by atoms with Gasteiger partial charge in [0.1, 0.15) is 0 Å². The molecule has 2 spiro atoms. The van der Waals surface area contributed by atoms with Crippen molar-refractivity contribution in [2.75, 3.05) is 0 Å². The van der Waals surface area contributed by atoms with Crippen molar-refractivity contribution in [3.63, 3.8) is 0 Å². The van der Waals surface area contributed by atoms with Gasteiger partial charge in [-0.05, 0) is 211 Å². The molecular weight excluding hydrogens is 1010 g/mol. The van der Waals surface area contributed by atoms with E-state index in [0.29, 0.717) is 0 Å². The maximum Gasteiger partial charge on any atom is 0.0541 e. The first-order valence-corrected chi connectivity index (χ1v) is 30.6. The van der Waals surface area contributed by atoms with Crippen LogP contribution in [0.15, 0.2) is 267 Å². The third kappa shape index (κ3) is 7.04. The van der Waals surface area contributed by atoms with Crippen LogP contribution in [0.25, 0.3) is 133 Å². The lowest BCUT2D eigenvalue weighted by Gasteiger charge is -2.28. The van der Waals surface area contributed by atoms with Crippen molar-refractivity contribution in [2.24, 2.45) is 0 Å². The minimum Gasteiger partial charge on any atom is -0.309 e. The van der Waals surface area contributed by atoms with Crippen LogP contribution in [0.1, 0.15) is 73.6 Å². The summed E-state index contributed by atoms with van der Waals surface area (Å²) in [4.78, 5) is 0. The summed E-state index contributed by atoms with van der Waals surface area (Å²) in [7, 11) is 0. The molecule has 14 aromatic rings. The summed E-state index contributed by atoms with van der Waals surface area (Å²) in [6.07, 6.45) is 9.86. The van der Waals surface area contributed by atoms with Crippen LogP contribution in [-0.2, 0) is 10.8 Å². The van der Waals surface area contributed by atoms with Gasteiger partial charge in [-0.25, -0.2) is 0 Å². The van der Waals surface area contributed by atoms with Gasteiger partial charge in [0, 0.05) is 43.7 Å². The van der Waals surface area contributed by atoms with E-state index < -0.39 is 0 Å². The van der Waals surface area contributed by atoms with E-state index in [1.807, 2.05) is 0 Å². The molecule has 2 aromatic heterocycles. The Morgan fingerprint density at radius 2 is 0.476 bits per heavy atom. The summed E-state index contributed by atoms with van der Waals surface area (Å²) in [5, 5.41) is 5.12. The molecule has 12 aromatic carbocycles. The Morgan fingerprint density at radius 3 is 0.821 bits per heavy atom. The monoisotopic (exact) mass is 1070 g/mol. The van der Waals surface area contributed by atoms with E-state index >= 15 is 0 Å². The Morgan fingerprint density at radius 1 is 0.214 bits per heavy atom. The van der Waals surface area contributed by atoms with Crippen LogP contribution >= 0.6 is 0 Å². The average molecular weight is 1070 g/mol. The molecule has 2 heterocycles. The third-order valence-corrected chi connectivity index (χ3v) is 20.4. The molecule has 4 aliphatic carbocycles. The van der Waals surface area contributed by atoms with E-state index in [1.165, 1.54) is 206 Å². The summed E-state index contributed by atoms with van der Waals surface area (Å²) in [6.45, 7) is 0. The molecule has 0 N–H and O–H groups in total. The minimum absolute atomic E-state index is 0.0387. The molecule has 0 unspecified atom stereocenters. The van der Waals surface area contributed by atoms with Crippen molar-refractivity contribution >= 4 is 43.6 Å². The predicted molar refractivity (Wildman–Crippen MR) is 352 cm³/mol. The van der Waals surface area contributed by atoms with Gasteiger partial charge < -0.3 is 9.13 Å². The van der Waals surface area contributed by atoms with Gasteiger partial charge in [-0.15, -0.1) is 0 Å². The Balaban J connectivity index is 0.636. The van der Waals surface area contributed by atoms with Crippen molar-refractivity contribution in [2.45, 2.75) is 62.2 Å². The fourth-order valence-electron chi connectivity index (χ4n) is 16.5. The predicted octanol–water partition coefficient (Wildman–Crippen LogP) is 21.9. The van der Waals surface area contributed by atoms with Crippen molar-refractivity contribution in [3.8, 4) is 89.3 Å². The number of para-hydroxylation sites is 4. The zero-order valence-electron chi connectivity index (χ0n) is 47.0. The van der Waals surface area contributed by atoms with Crippen molar-refractivity contribution in [3.05, 3.63) is 289 Å². The Hall–Kier alpha value is -9.76. The zero-order chi connectivity index (χ0) is 55.1. The van der Waals surface area contributed by atoms with Gasteiger partial charge in [0.05, 0.1) is 22.1 Å². The SMILES string of the molecule is c1ccc(-n2c3ccccc3c3cc(-c4ccc(-c5ccc6c(c5)C5(CCCC5)c5cc(-c7ccc8c(c7)C7(CCCC7)c7cc(-c9ccc(-c%10ccc%11c(c%10)c%10ccccc%10n%11-c%10ccccc%10)cc9)ccc7-8)ccc5-6)cc4)ccc32)cc1. The molecule has 2 fully saturated rings. The lowest BCUT2D eigenvalue weighted by molar-refractivity contribution is 0.549. The number of benzene rings is 12. The Kier molecular flexibility index (Phi) is 10.5. The summed E-state index contributed by atoms with van der Waals surface area (Å²) < 4.78 is 4.78. The van der Waals surface area contributed by atoms with E-state index in [1.54, 1.807) is 0 Å². The lowest BCUT2D eigenvalue weighted by Crippen LogP contribution is -2.21. The molecule has 0 atom stereocenters. The Bertz CT molecular complexity index is 4660. The summed E-state index contributed by atoms with van der Waals surface area (Å²) in [5.74, 6) is 0. The molecule has 0 amide bonds. The van der Waals surface area contributed by atoms with E-state index in [9.17, 15) is 0 Å². The second-order valence-electron chi connectivity index (χ2n) is 24.6. The van der Waals surface area contributed by atoms with Crippen molar-refractivity contribution in [1.29, 1.82) is 0 Å². The van der Waals surface area contributed by atoms with E-state index in [-0.39, 0.29) is 10.8 Å². The molecule has 2 nitrogen and oxygen atoms in total. The van der Waals surface area contributed by atoms with Gasteiger partial charge in [-0.1, -0.05) is 208 Å². The summed E-state index contributed by atoms with van der Waals surface area (Å²) in [5.41, 5.74) is 32.0. The van der Waals surface area contributed by atoms with Crippen LogP contribution in [0, 0.1) is 0 Å². The number of rotatable bonds is 7. The van der Waals surface area contributed by atoms with Crippen LogP contribution in [0.5, 0.6) is 0 Å². The highest BCUT2D eigenvalue weighted by Crippen LogP contribution is 2.60. The standard InChI is InChI=1S/C82H60N2/c1-3-15-63(16-4-1)83-77-21-9-7-19-69(77)71-47-57(35-41-79(71)83)53-23-27-55(28-24-53)59-31-37-65-67-39-33-61(51-75(67)81(73(65)49-59)43-11-12-44-81)62-34-40-68-66-38-32-60(50-74(66)82(76(68)52-62)45-13-14-46-82)56-29-25-54(26-30-56)58-36-42-80-72(48-58)70-20-8-10-22-78(70)84(80)64-17-5-2-6-18-64/h1-10,15-42,47-52H,11-14,43-46H2. The highest BCUT2D eigenvalue weighted by Gasteiger charge is 2.47. The molecule has 398 valence electrons. The topological polar surface area (TPSA) is 9.86 Å². The molecule has 84 heavy (non-hydrogen) atoms. The fraction of sp³-hybridized carbons (Fsp3) is 0.122. The molecule has 0 bridgehead atoms. The highest BCUT2D eigenvalue weighted by atomic mass is 15.0. The normalized spacial score (nSPS) is 15.2. The molecule has 0 radical (unpaired) electrons. The number of aromatic nitrogens is 2. The van der Waals surface area contributed by atoms with Crippen molar-refractivity contribution in [1.82, 2.24) is 9.13 Å². The van der Waals surface area contributed by atoms with Crippen LogP contribution in [0.3, 0.4) is 0 Å². The van der Waals surface area contributed by atoms with Crippen LogP contribution < -0.4 is 0 Å². The molecule has 0 saturated heterocycles. The first-order valence-electron chi connectivity index (χ1n) is 30.6. The molecule has 4 aliphatic rings. The average Bonchev–Trinajstić information content (AvgIpc) is 2.92. The molecule has 18 rings (SSSR count). The van der Waals surface area contributed by atoms with Crippen LogP contribution in [0.4, 0.5) is 0 Å². The van der Waals surface area contributed by atoms with Gasteiger partial charge in [-0.2, -0.15) is 0 Å². The second kappa shape index (κ2) is 18.4. The number of nitrogens with zero attached hydrogens (tertiary/aromatic N) is 2. The van der Waals surface area contributed by atoms with Crippen molar-refractivity contribution < 1.29 is 0 Å². The number of hydrogen-bond acceptors (Lipinski definition) is 0. The number of hydrogen-bond donors (Lipinski definition) is 0. The van der Waals surface area contributed by atoms with Gasteiger partial charge >= 0.3 is 0 Å². The van der Waals surface area contributed by atoms with Gasteiger partial charge in [0.25, 0.3) is 0 Å². The third-order valence-electron chi connectivity index (χ3n) is 20.4. The van der Waals surface area contributed by atoms with E-state index in [0.717, 1.165) is 0 Å². The summed E-state index contributed by atoms with van der Waals surface area (Å²) in [6, 6.07) is 101. The molecule has 0 aliphatic heterocycles. The lowest BCUT2D eigenvalue weighted by atomic mass is 9.75. The quantitative estimate of drug-likeness (QED) is 0.151. The van der Waals surface area contributed by atoms with Gasteiger partial charge in [-0.3, -0.25) is 0 Å². The van der Waals surface area contributed by atoms with Crippen LogP contribution in [-0.4, -0.2) is 9.13 Å². The minimum atomic E-state index is 0.0387. The maximum absolute atomic E-state index is 2.61. The largest absolute Gasteiger partial charge is 0.309 e. The van der Waals surface area contributed by atoms with E-state index in [4.69, 9.17) is 0 Å². The second-order valence-corrected chi connectivity index (χ2v) is 24.6. The summed E-state index contributed by atoms with van der Waals surface area (Å²) >= 11 is 0. The molecular formula is C82H60N2. The van der Waals surface area contributed by atoms with Gasteiger partial charge in [0.15, 0.2) is 0 Å². The number of fused-ring (bicyclic) bond motifs is 16. The Labute approximate surface area is 490 Å². The van der Waals surface area contributed by atoms with Gasteiger partial charge in [0.2, 0.25) is 0 Å². The van der Waals surface area contributed by atoms with E-state index in [2.05, 4.69) is 276 Å². The highest BCUT2D eigenvalue weighted by molar-refractivity contribution is 6.12. The molecule has 2 heteroatoms. The molecule has 2 saturated carbocycles. The maximum atomic E-state index is 2.61. The van der Waals surface area contributed by atoms with Crippen LogP contribution in [0.2, 0.25) is 0 Å². The first kappa shape index (κ1) is 47.8. The zero-order valence-corrected chi connectivity index (χ0v) is 47.0.